The minimum absolute atomic E-state index is 0.0807. The van der Waals surface area contributed by atoms with Gasteiger partial charge in [0.25, 0.3) is 5.56 Å². The number of carbonyl (C=O) groups excluding carboxylic acids is 1. The van der Waals surface area contributed by atoms with Crippen molar-refractivity contribution in [1.29, 1.82) is 0 Å². The van der Waals surface area contributed by atoms with Gasteiger partial charge in [-0.15, -0.1) is 11.3 Å². The van der Waals surface area contributed by atoms with Crippen molar-refractivity contribution in [1.82, 2.24) is 14.9 Å². The van der Waals surface area contributed by atoms with Crippen molar-refractivity contribution in [3.05, 3.63) is 50.1 Å². The fourth-order valence-corrected chi connectivity index (χ4v) is 5.66. The number of aryl methyl sites for hydroxylation is 4. The summed E-state index contributed by atoms with van der Waals surface area (Å²) in [5, 5.41) is 4.15. The van der Waals surface area contributed by atoms with Gasteiger partial charge in [-0.2, -0.15) is 0 Å². The van der Waals surface area contributed by atoms with Crippen molar-refractivity contribution in [3.63, 3.8) is 0 Å². The van der Waals surface area contributed by atoms with Gasteiger partial charge in [-0.05, 0) is 63.3 Å². The molecule has 3 heterocycles. The second-order valence-corrected chi connectivity index (χ2v) is 10.2. The maximum Gasteiger partial charge on any atom is 0.267 e. The van der Waals surface area contributed by atoms with Gasteiger partial charge < -0.3 is 10.1 Å². The van der Waals surface area contributed by atoms with Crippen LogP contribution in [0.4, 0.5) is 0 Å². The standard InChI is InChI=1S/C23H27N3O3S2/c1-13-7-8-14(2)18(10-13)26-22(28)20-15(3)16(4)31-21(20)25-23(26)30-12-19(27)24-11-17-6-5-9-29-17/h7-8,10,17H,5-6,9,11-12H2,1-4H3,(H,24,27)/t17-/m1/s1. The Morgan fingerprint density at radius 3 is 2.87 bits per heavy atom. The van der Waals surface area contributed by atoms with Crippen molar-refractivity contribution >= 4 is 39.2 Å². The van der Waals surface area contributed by atoms with E-state index >= 15 is 0 Å². The van der Waals surface area contributed by atoms with E-state index in [1.165, 1.54) is 23.1 Å². The Kier molecular flexibility index (Phi) is 6.50. The number of hydrogen-bond donors (Lipinski definition) is 1. The van der Waals surface area contributed by atoms with Crippen LogP contribution in [0, 0.1) is 27.7 Å². The molecular weight excluding hydrogens is 430 g/mol. The van der Waals surface area contributed by atoms with Crippen LogP contribution >= 0.6 is 23.1 Å². The highest BCUT2D eigenvalue weighted by atomic mass is 32.2. The minimum Gasteiger partial charge on any atom is -0.376 e. The number of amides is 1. The molecule has 0 unspecified atom stereocenters. The number of rotatable bonds is 6. The van der Waals surface area contributed by atoms with Gasteiger partial charge in [0.1, 0.15) is 4.83 Å². The number of fused-ring (bicyclic) bond motifs is 1. The van der Waals surface area contributed by atoms with E-state index in [4.69, 9.17) is 9.72 Å². The molecule has 6 nitrogen and oxygen atoms in total. The Bertz CT molecular complexity index is 1190. The van der Waals surface area contributed by atoms with Crippen LogP contribution in [-0.4, -0.2) is 40.5 Å². The zero-order chi connectivity index (χ0) is 22.1. The number of aromatic nitrogens is 2. The summed E-state index contributed by atoms with van der Waals surface area (Å²) in [7, 11) is 0. The molecule has 0 aliphatic carbocycles. The molecular formula is C23H27N3O3S2. The van der Waals surface area contributed by atoms with Gasteiger partial charge in [0.05, 0.1) is 22.9 Å². The molecule has 0 saturated carbocycles. The van der Waals surface area contributed by atoms with Crippen LogP contribution in [0.15, 0.2) is 28.2 Å². The van der Waals surface area contributed by atoms with E-state index in [0.717, 1.165) is 51.5 Å². The third kappa shape index (κ3) is 4.56. The van der Waals surface area contributed by atoms with Crippen LogP contribution in [0.1, 0.15) is 34.4 Å². The fraction of sp³-hybridized carbons (Fsp3) is 0.435. The van der Waals surface area contributed by atoms with E-state index in [1.807, 2.05) is 45.9 Å². The Morgan fingerprint density at radius 2 is 2.13 bits per heavy atom. The van der Waals surface area contributed by atoms with Gasteiger partial charge >= 0.3 is 0 Å². The summed E-state index contributed by atoms with van der Waals surface area (Å²) in [5.41, 5.74) is 3.76. The van der Waals surface area contributed by atoms with Crippen molar-refractivity contribution in [3.8, 4) is 5.69 Å². The van der Waals surface area contributed by atoms with Crippen molar-refractivity contribution in [2.24, 2.45) is 0 Å². The number of nitrogens with zero attached hydrogens (tertiary/aromatic N) is 2. The van der Waals surface area contributed by atoms with E-state index in [1.54, 1.807) is 4.57 Å². The largest absolute Gasteiger partial charge is 0.376 e. The highest BCUT2D eigenvalue weighted by Gasteiger charge is 2.21. The van der Waals surface area contributed by atoms with E-state index in [9.17, 15) is 9.59 Å². The number of hydrogen-bond acceptors (Lipinski definition) is 6. The lowest BCUT2D eigenvalue weighted by molar-refractivity contribution is -0.119. The molecule has 0 bridgehead atoms. The Labute approximate surface area is 190 Å². The first kappa shape index (κ1) is 22.0. The highest BCUT2D eigenvalue weighted by molar-refractivity contribution is 7.99. The van der Waals surface area contributed by atoms with Crippen LogP contribution < -0.4 is 10.9 Å². The van der Waals surface area contributed by atoms with Gasteiger partial charge in [-0.3, -0.25) is 14.2 Å². The maximum atomic E-state index is 13.6. The lowest BCUT2D eigenvalue weighted by Crippen LogP contribution is -2.33. The summed E-state index contributed by atoms with van der Waals surface area (Å²) in [6, 6.07) is 6.04. The lowest BCUT2D eigenvalue weighted by Gasteiger charge is -2.15. The highest BCUT2D eigenvalue weighted by Crippen LogP contribution is 2.30. The molecule has 0 radical (unpaired) electrons. The molecule has 1 N–H and O–H groups in total. The first-order valence-corrected chi connectivity index (χ1v) is 12.3. The zero-order valence-electron chi connectivity index (χ0n) is 18.3. The second-order valence-electron chi connectivity index (χ2n) is 8.02. The molecule has 4 rings (SSSR count). The Hall–Kier alpha value is -2.16. The topological polar surface area (TPSA) is 73.2 Å². The van der Waals surface area contributed by atoms with Gasteiger partial charge in [0.15, 0.2) is 5.16 Å². The normalized spacial score (nSPS) is 16.2. The molecule has 31 heavy (non-hydrogen) atoms. The predicted octanol–water partition coefficient (Wildman–Crippen LogP) is 4.07. The Morgan fingerprint density at radius 1 is 1.32 bits per heavy atom. The molecule has 1 saturated heterocycles. The van der Waals surface area contributed by atoms with E-state index < -0.39 is 0 Å². The summed E-state index contributed by atoms with van der Waals surface area (Å²) in [6.45, 7) is 9.26. The molecule has 1 aromatic carbocycles. The van der Waals surface area contributed by atoms with Gasteiger partial charge in [0, 0.05) is 18.0 Å². The summed E-state index contributed by atoms with van der Waals surface area (Å²) >= 11 is 2.82. The van der Waals surface area contributed by atoms with Crippen LogP contribution in [0.25, 0.3) is 15.9 Å². The second kappa shape index (κ2) is 9.14. The lowest BCUT2D eigenvalue weighted by atomic mass is 10.1. The SMILES string of the molecule is Cc1ccc(C)c(-n2c(SCC(=O)NC[C@H]3CCCO3)nc3sc(C)c(C)c3c2=O)c1. The first-order chi connectivity index (χ1) is 14.8. The van der Waals surface area contributed by atoms with Crippen molar-refractivity contribution in [2.45, 2.75) is 51.8 Å². The van der Waals surface area contributed by atoms with E-state index in [-0.39, 0.29) is 23.3 Å². The zero-order valence-corrected chi connectivity index (χ0v) is 19.9. The first-order valence-electron chi connectivity index (χ1n) is 10.5. The molecule has 1 fully saturated rings. The quantitative estimate of drug-likeness (QED) is 0.446. The average molecular weight is 458 g/mol. The molecule has 8 heteroatoms. The average Bonchev–Trinajstić information content (AvgIpc) is 3.35. The van der Waals surface area contributed by atoms with Crippen molar-refractivity contribution < 1.29 is 9.53 Å². The predicted molar refractivity (Wildman–Crippen MR) is 127 cm³/mol. The molecule has 0 spiro atoms. The summed E-state index contributed by atoms with van der Waals surface area (Å²) in [4.78, 5) is 32.7. The molecule has 1 aliphatic heterocycles. The minimum atomic E-state index is -0.0825. The van der Waals surface area contributed by atoms with Crippen LogP contribution in [0.3, 0.4) is 0 Å². The number of benzene rings is 1. The third-order valence-electron chi connectivity index (χ3n) is 5.66. The molecule has 1 aliphatic rings. The number of nitrogens with one attached hydrogen (secondary N) is 1. The number of thioether (sulfide) groups is 1. The van der Waals surface area contributed by atoms with Crippen LogP contribution in [0.2, 0.25) is 0 Å². The maximum absolute atomic E-state index is 13.6. The smallest absolute Gasteiger partial charge is 0.267 e. The molecule has 164 valence electrons. The fourth-order valence-electron chi connectivity index (χ4n) is 3.76. The molecule has 3 aromatic rings. The summed E-state index contributed by atoms with van der Waals surface area (Å²) in [6.07, 6.45) is 2.13. The number of carbonyl (C=O) groups is 1. The number of thiophene rings is 1. The summed E-state index contributed by atoms with van der Waals surface area (Å²) < 4.78 is 7.24. The molecule has 2 aromatic heterocycles. The van der Waals surface area contributed by atoms with E-state index in [0.29, 0.717) is 17.1 Å². The van der Waals surface area contributed by atoms with Crippen LogP contribution in [-0.2, 0) is 9.53 Å². The Balaban J connectivity index is 1.68. The summed E-state index contributed by atoms with van der Waals surface area (Å²) in [5.74, 6) is 0.111. The molecule has 1 amide bonds. The van der Waals surface area contributed by atoms with Gasteiger partial charge in [-0.1, -0.05) is 23.9 Å². The number of ether oxygens (including phenoxy) is 1. The van der Waals surface area contributed by atoms with Gasteiger partial charge in [0.2, 0.25) is 5.91 Å². The van der Waals surface area contributed by atoms with Crippen LogP contribution in [0.5, 0.6) is 0 Å². The van der Waals surface area contributed by atoms with Gasteiger partial charge in [-0.25, -0.2) is 4.98 Å². The molecule has 1 atom stereocenters. The van der Waals surface area contributed by atoms with Crippen molar-refractivity contribution in [2.75, 3.05) is 18.9 Å². The van der Waals surface area contributed by atoms with E-state index in [2.05, 4.69) is 5.32 Å². The monoisotopic (exact) mass is 457 g/mol. The third-order valence-corrected chi connectivity index (χ3v) is 7.70.